The summed E-state index contributed by atoms with van der Waals surface area (Å²) in [4.78, 5) is 24.8. The number of benzene rings is 2. The molecule has 1 aromatic heterocycles. The van der Waals surface area contributed by atoms with Gasteiger partial charge in [0.1, 0.15) is 0 Å². The molecular weight excluding hydrogens is 478 g/mol. The summed E-state index contributed by atoms with van der Waals surface area (Å²) in [5.74, 6) is 1.69. The van der Waals surface area contributed by atoms with Gasteiger partial charge in [0.25, 0.3) is 0 Å². The lowest BCUT2D eigenvalue weighted by Crippen LogP contribution is -2.28. The molecule has 1 unspecified atom stereocenters. The van der Waals surface area contributed by atoms with Gasteiger partial charge in [-0.1, -0.05) is 48.2 Å². The van der Waals surface area contributed by atoms with Crippen LogP contribution in [0, 0.1) is 0 Å². The van der Waals surface area contributed by atoms with E-state index in [-0.39, 0.29) is 30.2 Å². The third kappa shape index (κ3) is 7.35. The van der Waals surface area contributed by atoms with E-state index in [4.69, 9.17) is 9.47 Å². The van der Waals surface area contributed by atoms with Crippen LogP contribution < -0.4 is 20.1 Å². The van der Waals surface area contributed by atoms with Crippen LogP contribution >= 0.6 is 11.8 Å². The van der Waals surface area contributed by atoms with Gasteiger partial charge in [-0.2, -0.15) is 0 Å². The van der Waals surface area contributed by atoms with Crippen molar-refractivity contribution in [2.24, 2.45) is 0 Å². The normalized spacial score (nSPS) is 11.8. The maximum absolute atomic E-state index is 12.4. The molecule has 0 radical (unpaired) electrons. The number of carbonyl (C=O) groups is 2. The quantitative estimate of drug-likeness (QED) is 0.284. The monoisotopic (exact) mass is 509 g/mol. The second-order valence-electron chi connectivity index (χ2n) is 7.80. The summed E-state index contributed by atoms with van der Waals surface area (Å²) in [5, 5.41) is 14.8. The molecule has 0 aliphatic carbocycles. The largest absolute Gasteiger partial charge is 0.493 e. The zero-order valence-corrected chi connectivity index (χ0v) is 21.7. The van der Waals surface area contributed by atoms with Gasteiger partial charge < -0.3 is 24.7 Å². The number of nitrogens with zero attached hydrogens (tertiary/aromatic N) is 3. The smallest absolute Gasteiger partial charge is 0.244 e. The molecule has 0 aliphatic rings. The first kappa shape index (κ1) is 26.8. The van der Waals surface area contributed by atoms with Crippen molar-refractivity contribution in [2.75, 3.05) is 20.0 Å². The standard InChI is InChI=1S/C26H31N5O4S/c1-5-31-23(16-27-24(32)14-12-19-11-13-21(34-3)22(15-19)35-4)29-30-26(31)36-17-25(33)28-18(2)20-9-7-6-8-10-20/h6-15,18H,5,16-17H2,1-4H3,(H,27,32)(H,28,33)/b14-12+. The number of ether oxygens (including phenoxy) is 2. The van der Waals surface area contributed by atoms with Gasteiger partial charge in [0.15, 0.2) is 22.5 Å². The van der Waals surface area contributed by atoms with E-state index < -0.39 is 0 Å². The molecule has 2 amide bonds. The van der Waals surface area contributed by atoms with E-state index in [9.17, 15) is 9.59 Å². The summed E-state index contributed by atoms with van der Waals surface area (Å²) in [6.45, 7) is 4.75. The molecule has 1 atom stereocenters. The van der Waals surface area contributed by atoms with Gasteiger partial charge in [0.05, 0.1) is 32.6 Å². The molecule has 0 aliphatic heterocycles. The van der Waals surface area contributed by atoms with Crippen LogP contribution in [0.3, 0.4) is 0 Å². The SMILES string of the molecule is CCn1c(CNC(=O)/C=C/c2ccc(OC)c(OC)c2)nnc1SCC(=O)NC(C)c1ccccc1. The summed E-state index contributed by atoms with van der Waals surface area (Å²) < 4.78 is 12.4. The molecule has 3 rings (SSSR count). The highest BCUT2D eigenvalue weighted by Crippen LogP contribution is 2.28. The van der Waals surface area contributed by atoms with Crippen LogP contribution in [0.2, 0.25) is 0 Å². The molecule has 2 aromatic carbocycles. The minimum Gasteiger partial charge on any atom is -0.493 e. The Balaban J connectivity index is 1.52. The van der Waals surface area contributed by atoms with E-state index in [1.165, 1.54) is 17.8 Å². The van der Waals surface area contributed by atoms with Crippen molar-refractivity contribution in [3.63, 3.8) is 0 Å². The summed E-state index contributed by atoms with van der Waals surface area (Å²) in [6, 6.07) is 15.1. The molecule has 190 valence electrons. The second-order valence-corrected chi connectivity index (χ2v) is 8.74. The second kappa shape index (κ2) is 13.3. The Morgan fingerprint density at radius 1 is 1.08 bits per heavy atom. The summed E-state index contributed by atoms with van der Waals surface area (Å²) >= 11 is 1.31. The first-order valence-corrected chi connectivity index (χ1v) is 12.5. The van der Waals surface area contributed by atoms with Gasteiger partial charge in [0, 0.05) is 12.6 Å². The third-order valence-corrected chi connectivity index (χ3v) is 6.34. The van der Waals surface area contributed by atoms with Crippen molar-refractivity contribution in [1.29, 1.82) is 0 Å². The van der Waals surface area contributed by atoms with Gasteiger partial charge in [-0.05, 0) is 43.2 Å². The van der Waals surface area contributed by atoms with E-state index in [1.54, 1.807) is 32.4 Å². The van der Waals surface area contributed by atoms with Crippen molar-refractivity contribution in [2.45, 2.75) is 38.1 Å². The molecule has 0 saturated heterocycles. The molecule has 0 spiro atoms. The van der Waals surface area contributed by atoms with Crippen molar-refractivity contribution in [3.8, 4) is 11.5 Å². The highest BCUT2D eigenvalue weighted by molar-refractivity contribution is 7.99. The summed E-state index contributed by atoms with van der Waals surface area (Å²) in [7, 11) is 3.13. The van der Waals surface area contributed by atoms with E-state index >= 15 is 0 Å². The minimum atomic E-state index is -0.265. The highest BCUT2D eigenvalue weighted by atomic mass is 32.2. The molecule has 3 aromatic rings. The maximum atomic E-state index is 12.4. The van der Waals surface area contributed by atoms with Crippen LogP contribution in [0.5, 0.6) is 11.5 Å². The third-order valence-electron chi connectivity index (χ3n) is 5.37. The fourth-order valence-corrected chi connectivity index (χ4v) is 4.30. The number of hydrogen-bond acceptors (Lipinski definition) is 7. The molecular formula is C26H31N5O4S. The fourth-order valence-electron chi connectivity index (χ4n) is 3.47. The van der Waals surface area contributed by atoms with Crippen molar-refractivity contribution < 1.29 is 19.1 Å². The lowest BCUT2D eigenvalue weighted by molar-refractivity contribution is -0.119. The molecule has 2 N–H and O–H groups in total. The number of thioether (sulfide) groups is 1. The topological polar surface area (TPSA) is 107 Å². The predicted octanol–water partition coefficient (Wildman–Crippen LogP) is 3.61. The lowest BCUT2D eigenvalue weighted by atomic mass is 10.1. The van der Waals surface area contributed by atoms with E-state index in [0.29, 0.717) is 29.0 Å². The van der Waals surface area contributed by atoms with Crippen LogP contribution in [-0.2, 0) is 22.7 Å². The average Bonchev–Trinajstić information content (AvgIpc) is 3.31. The first-order valence-electron chi connectivity index (χ1n) is 11.5. The van der Waals surface area contributed by atoms with E-state index in [0.717, 1.165) is 11.1 Å². The number of rotatable bonds is 12. The van der Waals surface area contributed by atoms with Crippen molar-refractivity contribution in [3.05, 3.63) is 71.6 Å². The summed E-state index contributed by atoms with van der Waals surface area (Å²) in [5.41, 5.74) is 1.85. The van der Waals surface area contributed by atoms with E-state index in [2.05, 4.69) is 20.8 Å². The van der Waals surface area contributed by atoms with Crippen LogP contribution in [0.4, 0.5) is 0 Å². The Kier molecular flexibility index (Phi) is 9.93. The number of methoxy groups -OCH3 is 2. The molecule has 36 heavy (non-hydrogen) atoms. The summed E-state index contributed by atoms with van der Waals surface area (Å²) in [6.07, 6.45) is 3.14. The fraction of sp³-hybridized carbons (Fsp3) is 0.308. The van der Waals surface area contributed by atoms with Gasteiger partial charge in [0.2, 0.25) is 11.8 Å². The minimum absolute atomic E-state index is 0.0822. The zero-order valence-electron chi connectivity index (χ0n) is 20.9. The number of aromatic nitrogens is 3. The number of carbonyl (C=O) groups excluding carboxylic acids is 2. The number of amides is 2. The highest BCUT2D eigenvalue weighted by Gasteiger charge is 2.15. The Hall–Kier alpha value is -3.79. The van der Waals surface area contributed by atoms with Crippen LogP contribution in [0.15, 0.2) is 59.8 Å². The van der Waals surface area contributed by atoms with Gasteiger partial charge in [-0.15, -0.1) is 10.2 Å². The van der Waals surface area contributed by atoms with Crippen LogP contribution in [-0.4, -0.2) is 46.6 Å². The number of hydrogen-bond donors (Lipinski definition) is 2. The van der Waals surface area contributed by atoms with Gasteiger partial charge in [-0.3, -0.25) is 9.59 Å². The Labute approximate surface area is 215 Å². The Morgan fingerprint density at radius 3 is 2.53 bits per heavy atom. The Morgan fingerprint density at radius 2 is 1.83 bits per heavy atom. The molecule has 9 nitrogen and oxygen atoms in total. The molecule has 10 heteroatoms. The number of nitrogens with one attached hydrogen (secondary N) is 2. The lowest BCUT2D eigenvalue weighted by Gasteiger charge is -2.14. The molecule has 1 heterocycles. The molecule has 0 saturated carbocycles. The molecule has 0 fully saturated rings. The molecule has 0 bridgehead atoms. The van der Waals surface area contributed by atoms with Crippen molar-refractivity contribution >= 4 is 29.7 Å². The van der Waals surface area contributed by atoms with Gasteiger partial charge >= 0.3 is 0 Å². The van der Waals surface area contributed by atoms with Gasteiger partial charge in [-0.25, -0.2) is 0 Å². The predicted molar refractivity (Wildman–Crippen MR) is 140 cm³/mol. The zero-order chi connectivity index (χ0) is 25.9. The van der Waals surface area contributed by atoms with E-state index in [1.807, 2.05) is 54.8 Å². The van der Waals surface area contributed by atoms with Crippen LogP contribution in [0.1, 0.15) is 36.8 Å². The first-order chi connectivity index (χ1) is 17.4. The Bertz CT molecular complexity index is 1200. The van der Waals surface area contributed by atoms with Crippen molar-refractivity contribution in [1.82, 2.24) is 25.4 Å². The average molecular weight is 510 g/mol. The van der Waals surface area contributed by atoms with Crippen LogP contribution in [0.25, 0.3) is 6.08 Å². The maximum Gasteiger partial charge on any atom is 0.244 e.